The molecule has 1 aliphatic rings. The molecule has 1 aliphatic heterocycles. The molecule has 4 rings (SSSR count). The third-order valence-electron chi connectivity index (χ3n) is 5.17. The number of carbonyl (C=O) groups excluding carboxylic acids is 1. The number of aromatic nitrogens is 2. The molecule has 2 aromatic heterocycles. The van der Waals surface area contributed by atoms with Crippen LogP contribution in [0.1, 0.15) is 34.5 Å². The zero-order valence-corrected chi connectivity index (χ0v) is 15.7. The van der Waals surface area contributed by atoms with Crippen molar-refractivity contribution < 1.29 is 13.6 Å². The molecule has 3 heterocycles. The van der Waals surface area contributed by atoms with Crippen LogP contribution in [0.25, 0.3) is 11.5 Å². The monoisotopic (exact) mass is 382 g/mol. The van der Waals surface area contributed by atoms with Crippen molar-refractivity contribution in [1.82, 2.24) is 20.4 Å². The average Bonchev–Trinajstić information content (AvgIpc) is 3.35. The van der Waals surface area contributed by atoms with E-state index < -0.39 is 5.82 Å². The number of benzene rings is 1. The molecule has 0 unspecified atom stereocenters. The summed E-state index contributed by atoms with van der Waals surface area (Å²) in [5, 5.41) is 10.7. The summed E-state index contributed by atoms with van der Waals surface area (Å²) in [7, 11) is 0. The first kappa shape index (κ1) is 18.4. The first-order chi connectivity index (χ1) is 13.6. The molecule has 0 bridgehead atoms. The Morgan fingerprint density at radius 3 is 2.79 bits per heavy atom. The molecule has 1 saturated heterocycles. The molecule has 28 heavy (non-hydrogen) atoms. The van der Waals surface area contributed by atoms with Gasteiger partial charge in [-0.3, -0.25) is 9.89 Å². The third-order valence-corrected chi connectivity index (χ3v) is 5.17. The van der Waals surface area contributed by atoms with Crippen LogP contribution in [-0.2, 0) is 6.54 Å². The lowest BCUT2D eigenvalue weighted by Crippen LogP contribution is -2.44. The minimum atomic E-state index is -0.464. The maximum atomic E-state index is 13.9. The van der Waals surface area contributed by atoms with Gasteiger partial charge in [-0.25, -0.2) is 4.39 Å². The fraction of sp³-hybridized carbons (Fsp3) is 0.333. The van der Waals surface area contributed by atoms with Gasteiger partial charge in [-0.05, 0) is 44.0 Å². The summed E-state index contributed by atoms with van der Waals surface area (Å²) in [5.41, 5.74) is 2.07. The molecule has 0 atom stereocenters. The van der Waals surface area contributed by atoms with Crippen molar-refractivity contribution in [2.75, 3.05) is 13.1 Å². The van der Waals surface area contributed by atoms with Crippen LogP contribution < -0.4 is 5.32 Å². The summed E-state index contributed by atoms with van der Waals surface area (Å²) in [6, 6.07) is 10.3. The Kier molecular flexibility index (Phi) is 5.25. The van der Waals surface area contributed by atoms with E-state index in [1.807, 2.05) is 19.1 Å². The summed E-state index contributed by atoms with van der Waals surface area (Å²) in [4.78, 5) is 14.2. The molecule has 146 valence electrons. The normalized spacial score (nSPS) is 15.1. The molecule has 2 N–H and O–H groups in total. The lowest BCUT2D eigenvalue weighted by atomic mass is 10.0. The van der Waals surface area contributed by atoms with Gasteiger partial charge in [0, 0.05) is 31.2 Å². The van der Waals surface area contributed by atoms with Crippen molar-refractivity contribution in [3.8, 4) is 11.5 Å². The maximum Gasteiger partial charge on any atom is 0.256 e. The molecule has 0 radical (unpaired) electrons. The van der Waals surface area contributed by atoms with Gasteiger partial charge in [0.25, 0.3) is 5.91 Å². The number of furan rings is 1. The van der Waals surface area contributed by atoms with Crippen molar-refractivity contribution in [2.24, 2.45) is 0 Å². The highest BCUT2D eigenvalue weighted by atomic mass is 19.1. The predicted molar refractivity (Wildman–Crippen MR) is 103 cm³/mol. The molecule has 0 spiro atoms. The maximum absolute atomic E-state index is 13.9. The van der Waals surface area contributed by atoms with Gasteiger partial charge in [-0.2, -0.15) is 5.10 Å². The fourth-order valence-corrected chi connectivity index (χ4v) is 3.57. The van der Waals surface area contributed by atoms with E-state index >= 15 is 0 Å². The molecule has 1 aromatic carbocycles. The van der Waals surface area contributed by atoms with Crippen LogP contribution in [0.5, 0.6) is 0 Å². The second-order valence-corrected chi connectivity index (χ2v) is 7.11. The van der Waals surface area contributed by atoms with Crippen molar-refractivity contribution in [1.29, 1.82) is 0 Å². The molecule has 1 amide bonds. The highest BCUT2D eigenvalue weighted by Gasteiger charge is 2.25. The number of H-pyrrole nitrogens is 1. The largest absolute Gasteiger partial charge is 0.460 e. The molecule has 3 aromatic rings. The number of nitrogens with one attached hydrogen (secondary N) is 2. The molecule has 0 aliphatic carbocycles. The summed E-state index contributed by atoms with van der Waals surface area (Å²) in [6.45, 7) is 3.80. The summed E-state index contributed by atoms with van der Waals surface area (Å²) in [5.74, 6) is 0.933. The Morgan fingerprint density at radius 2 is 2.07 bits per heavy atom. The Balaban J connectivity index is 1.32. The molecular weight excluding hydrogens is 359 g/mol. The number of halogens is 1. The second-order valence-electron chi connectivity index (χ2n) is 7.11. The van der Waals surface area contributed by atoms with Gasteiger partial charge in [-0.15, -0.1) is 0 Å². The van der Waals surface area contributed by atoms with Crippen LogP contribution in [0.15, 0.2) is 47.0 Å². The Bertz CT molecular complexity index is 957. The van der Waals surface area contributed by atoms with Crippen LogP contribution >= 0.6 is 0 Å². The predicted octanol–water partition coefficient (Wildman–Crippen LogP) is 3.51. The number of piperidine rings is 1. The third kappa shape index (κ3) is 3.84. The van der Waals surface area contributed by atoms with Crippen LogP contribution in [-0.4, -0.2) is 40.1 Å². The number of carbonyl (C=O) groups is 1. The van der Waals surface area contributed by atoms with Gasteiger partial charge in [0.15, 0.2) is 5.76 Å². The van der Waals surface area contributed by atoms with E-state index in [0.717, 1.165) is 35.6 Å². The number of hydrogen-bond acceptors (Lipinski definition) is 4. The number of nitrogens with zero attached hydrogens (tertiary/aromatic N) is 2. The lowest BCUT2D eigenvalue weighted by Gasteiger charge is -2.32. The van der Waals surface area contributed by atoms with Crippen LogP contribution in [0.2, 0.25) is 0 Å². The average molecular weight is 382 g/mol. The van der Waals surface area contributed by atoms with Crippen LogP contribution in [0.4, 0.5) is 4.39 Å². The SMILES string of the molecule is Cc1ccc(-c2[nH]ncc2CNC2CCN(C(=O)c3ccccc3F)CC2)o1. The highest BCUT2D eigenvalue weighted by molar-refractivity contribution is 5.94. The van der Waals surface area contributed by atoms with Crippen molar-refractivity contribution >= 4 is 5.91 Å². The number of likely N-dealkylation sites (tertiary alicyclic amines) is 1. The summed E-state index contributed by atoms with van der Waals surface area (Å²) >= 11 is 0. The highest BCUT2D eigenvalue weighted by Crippen LogP contribution is 2.24. The first-order valence-electron chi connectivity index (χ1n) is 9.48. The minimum Gasteiger partial charge on any atom is -0.460 e. The van der Waals surface area contributed by atoms with Gasteiger partial charge >= 0.3 is 0 Å². The van der Waals surface area contributed by atoms with Gasteiger partial charge < -0.3 is 14.6 Å². The minimum absolute atomic E-state index is 0.144. The number of aromatic amines is 1. The van der Waals surface area contributed by atoms with E-state index in [0.29, 0.717) is 25.7 Å². The van der Waals surface area contributed by atoms with Crippen molar-refractivity contribution in [3.63, 3.8) is 0 Å². The molecular formula is C21H23FN4O2. The van der Waals surface area contributed by atoms with Crippen molar-refractivity contribution in [2.45, 2.75) is 32.4 Å². The Morgan fingerprint density at radius 1 is 1.29 bits per heavy atom. The van der Waals surface area contributed by atoms with E-state index in [4.69, 9.17) is 4.42 Å². The lowest BCUT2D eigenvalue weighted by molar-refractivity contribution is 0.0700. The van der Waals surface area contributed by atoms with Crippen LogP contribution in [0.3, 0.4) is 0 Å². The van der Waals surface area contributed by atoms with E-state index in [2.05, 4.69) is 15.5 Å². The Hall–Kier alpha value is -2.93. The summed E-state index contributed by atoms with van der Waals surface area (Å²) in [6.07, 6.45) is 3.46. The van der Waals surface area contributed by atoms with E-state index in [1.54, 1.807) is 29.3 Å². The smallest absolute Gasteiger partial charge is 0.256 e. The van der Waals surface area contributed by atoms with Gasteiger partial charge in [0.2, 0.25) is 0 Å². The molecule has 0 saturated carbocycles. The second kappa shape index (κ2) is 7.98. The van der Waals surface area contributed by atoms with E-state index in [-0.39, 0.29) is 11.5 Å². The quantitative estimate of drug-likeness (QED) is 0.708. The number of hydrogen-bond donors (Lipinski definition) is 2. The zero-order valence-electron chi connectivity index (χ0n) is 15.7. The topological polar surface area (TPSA) is 74.2 Å². The van der Waals surface area contributed by atoms with E-state index in [9.17, 15) is 9.18 Å². The number of rotatable bonds is 5. The molecule has 7 heteroatoms. The standard InChI is InChI=1S/C21H23FN4O2/c1-14-6-7-19(28-14)20-15(13-24-25-20)12-23-16-8-10-26(11-9-16)21(27)17-4-2-3-5-18(17)22/h2-7,13,16,23H,8-12H2,1H3,(H,24,25). The molecule has 1 fully saturated rings. The van der Waals surface area contributed by atoms with Gasteiger partial charge in [0.05, 0.1) is 11.8 Å². The summed E-state index contributed by atoms with van der Waals surface area (Å²) < 4.78 is 19.5. The fourth-order valence-electron chi connectivity index (χ4n) is 3.57. The van der Waals surface area contributed by atoms with Gasteiger partial charge in [-0.1, -0.05) is 12.1 Å². The number of amides is 1. The molecule has 6 nitrogen and oxygen atoms in total. The Labute approximate surface area is 162 Å². The van der Waals surface area contributed by atoms with Crippen LogP contribution in [0, 0.1) is 12.7 Å². The number of aryl methyl sites for hydroxylation is 1. The van der Waals surface area contributed by atoms with Crippen molar-refractivity contribution in [3.05, 3.63) is 65.3 Å². The van der Waals surface area contributed by atoms with Gasteiger partial charge in [0.1, 0.15) is 17.3 Å². The first-order valence-corrected chi connectivity index (χ1v) is 9.48. The van der Waals surface area contributed by atoms with E-state index in [1.165, 1.54) is 6.07 Å². The zero-order chi connectivity index (χ0) is 19.5.